The topological polar surface area (TPSA) is 167 Å². The molecule has 5 aliphatic heterocycles. The van der Waals surface area contributed by atoms with Crippen LogP contribution < -0.4 is 11.1 Å². The van der Waals surface area contributed by atoms with Gasteiger partial charge in [0.05, 0.1) is 32.1 Å². The van der Waals surface area contributed by atoms with E-state index in [1.165, 1.54) is 68.6 Å². The van der Waals surface area contributed by atoms with Gasteiger partial charge in [-0.3, -0.25) is 24.5 Å². The number of urea groups is 1. The number of carbonyl (C=O) groups excluding carboxylic acids is 4. The van der Waals surface area contributed by atoms with Crippen LogP contribution in [0.15, 0.2) is 100 Å². The Kier molecular flexibility index (Phi) is 25.7. The molecule has 3 aliphatic carbocycles. The molecule has 534 valence electrons. The van der Waals surface area contributed by atoms with Gasteiger partial charge in [0.1, 0.15) is 5.60 Å². The minimum atomic E-state index is -0.493. The molecule has 3 atom stereocenters. The molecule has 3 aromatic heterocycles. The number of nitrogens with one attached hydrogen (secondary N) is 1. The van der Waals surface area contributed by atoms with Crippen molar-refractivity contribution in [2.45, 2.75) is 160 Å². The summed E-state index contributed by atoms with van der Waals surface area (Å²) in [6.45, 7) is 13.5. The predicted molar refractivity (Wildman–Crippen MR) is 419 cm³/mol. The molecule has 5 fully saturated rings. The van der Waals surface area contributed by atoms with Crippen LogP contribution in [0.1, 0.15) is 183 Å². The summed E-state index contributed by atoms with van der Waals surface area (Å²) >= 11 is 41.5. The Hall–Kier alpha value is -3.70. The third kappa shape index (κ3) is 17.9. The SMILES string of the molecule is CC(C)(C)OC(=O)N1CCC(CC(=O)N2CCC(C3c4ccc(Cl)c(Br)c4CCc4cc(Br)cnc43)CC2)CC1.Clc1ccc2c(c1Br)CCc1cc(Br)cnc1C2C1CCNCC1.NC(=O)N1CCC(CC(=O)N2CCC(C3c4ccc(Cl)c(Br)c4CCc4cc(Br)cnc43)CC2)CC1. The van der Waals surface area contributed by atoms with Crippen molar-refractivity contribution in [1.82, 2.24) is 39.9 Å². The van der Waals surface area contributed by atoms with E-state index in [2.05, 4.69) is 142 Å². The molecule has 3 unspecified atom stereocenters. The second-order valence-electron chi connectivity index (χ2n) is 29.4. The zero-order valence-electron chi connectivity index (χ0n) is 57.0. The molecule has 14 nitrogen and oxygen atoms in total. The summed E-state index contributed by atoms with van der Waals surface area (Å²) in [6.07, 6.45) is 21.9. The van der Waals surface area contributed by atoms with Gasteiger partial charge in [-0.25, -0.2) is 9.59 Å². The molecule has 100 heavy (non-hydrogen) atoms. The highest BCUT2D eigenvalue weighted by Gasteiger charge is 2.40. The number of halogens is 9. The van der Waals surface area contributed by atoms with Gasteiger partial charge < -0.3 is 35.4 Å². The number of aromatic nitrogens is 3. The number of ether oxygens (including phenoxy) is 1. The van der Waals surface area contributed by atoms with Gasteiger partial charge in [-0.15, -0.1) is 0 Å². The van der Waals surface area contributed by atoms with Crippen molar-refractivity contribution >= 4 is 154 Å². The lowest BCUT2D eigenvalue weighted by atomic mass is 9.76. The molecular weight excluding hydrogens is 1720 g/mol. The Balaban J connectivity index is 0.000000146. The molecule has 0 radical (unpaired) electrons. The van der Waals surface area contributed by atoms with Gasteiger partial charge >= 0.3 is 12.1 Å². The van der Waals surface area contributed by atoms with E-state index in [0.717, 1.165) is 182 Å². The zero-order valence-corrected chi connectivity index (χ0v) is 68.8. The average Bonchev–Trinajstić information content (AvgIpc) is 1.26. The Labute approximate surface area is 654 Å². The number of piperidine rings is 5. The Bertz CT molecular complexity index is 3990. The van der Waals surface area contributed by atoms with E-state index in [-0.39, 0.29) is 35.8 Å². The first-order valence-corrected chi connectivity index (χ1v) is 41.5. The molecule has 3 N–H and O–H groups in total. The van der Waals surface area contributed by atoms with E-state index in [0.29, 0.717) is 74.5 Å². The molecule has 14 rings (SSSR count). The molecule has 3 aromatic carbocycles. The normalized spacial score (nSPS) is 20.8. The van der Waals surface area contributed by atoms with Gasteiger partial charge in [0.15, 0.2) is 0 Å². The smallest absolute Gasteiger partial charge is 0.410 e. The predicted octanol–water partition coefficient (Wildman–Crippen LogP) is 19.2. The van der Waals surface area contributed by atoms with Crippen molar-refractivity contribution < 1.29 is 23.9 Å². The van der Waals surface area contributed by atoms with Gasteiger partial charge in [0.2, 0.25) is 11.8 Å². The number of hydrogen-bond donors (Lipinski definition) is 2. The Morgan fingerprint density at radius 1 is 0.470 bits per heavy atom. The number of aryl methyl sites for hydroxylation is 3. The number of nitrogens with two attached hydrogens (primary N) is 1. The minimum absolute atomic E-state index is 0.184. The maximum Gasteiger partial charge on any atom is 0.410 e. The molecule has 0 saturated carbocycles. The molecular formula is C77H88Br6Cl3N9O5. The Morgan fingerprint density at radius 3 is 1.12 bits per heavy atom. The van der Waals surface area contributed by atoms with Gasteiger partial charge in [0, 0.05) is 128 Å². The van der Waals surface area contributed by atoms with E-state index in [1.54, 1.807) is 9.80 Å². The molecule has 6 aromatic rings. The lowest BCUT2D eigenvalue weighted by molar-refractivity contribution is -0.134. The van der Waals surface area contributed by atoms with Crippen LogP contribution in [0.25, 0.3) is 0 Å². The molecule has 5 saturated heterocycles. The number of carbonyl (C=O) groups is 4. The second kappa shape index (κ2) is 33.8. The third-order valence-corrected chi connectivity index (χ3v) is 27.8. The fourth-order valence-electron chi connectivity index (χ4n) is 16.9. The van der Waals surface area contributed by atoms with Crippen LogP contribution in [0.2, 0.25) is 15.1 Å². The molecule has 5 amide bonds. The number of hydrogen-bond acceptors (Lipinski definition) is 9. The quantitative estimate of drug-likeness (QED) is 0.158. The number of amides is 5. The summed E-state index contributed by atoms with van der Waals surface area (Å²) in [4.78, 5) is 72.5. The molecule has 8 heterocycles. The summed E-state index contributed by atoms with van der Waals surface area (Å²) in [6, 6.07) is 18.9. The standard InChI is InChI=1S/C31H38Br2ClN3O3.C27H31Br2ClN4O2.C19H19Br2ClN2/c1-31(2,3)40-30(39)37-12-8-19(9-13-37)16-26(38)36-14-10-20(11-15-36)27-23-6-7-25(34)28(33)24(23)5-4-21-17-22(32)18-35-29(21)27;28-19-14-18-1-2-21-20(3-4-22(30)25(21)29)24(26(18)32-15-19)17-7-11-33(12-8-17)23(35)13-16-5-9-34(10-6-16)27(31)36;20-13-9-12-1-2-15-14(3-4-16(22)18(15)21)17(19(12)24-10-13)11-5-7-23-8-6-11/h6-7,17-20,27H,4-5,8-16H2,1-3H3;3-4,14-17,24H,1-2,5-13H2,(H2,31,36);3-4,9-11,17,23H,1-2,5-8H2. The number of primary amides is 1. The van der Waals surface area contributed by atoms with Gasteiger partial charge in [-0.05, 0) is 348 Å². The van der Waals surface area contributed by atoms with E-state index >= 15 is 0 Å². The highest BCUT2D eigenvalue weighted by molar-refractivity contribution is 9.11. The van der Waals surface area contributed by atoms with E-state index in [1.807, 2.05) is 62.5 Å². The first-order valence-electron chi connectivity index (χ1n) is 35.6. The maximum atomic E-state index is 13.3. The third-order valence-electron chi connectivity index (χ3n) is 22.1. The second-order valence-corrected chi connectivity index (χ2v) is 35.8. The summed E-state index contributed by atoms with van der Waals surface area (Å²) in [5.41, 5.74) is 20.4. The Morgan fingerprint density at radius 2 is 0.790 bits per heavy atom. The fraction of sp³-hybridized carbons (Fsp3) is 0.519. The molecule has 8 aliphatic rings. The van der Waals surface area contributed by atoms with Crippen LogP contribution in [0.4, 0.5) is 9.59 Å². The van der Waals surface area contributed by atoms with Crippen molar-refractivity contribution in [3.8, 4) is 0 Å². The van der Waals surface area contributed by atoms with Crippen LogP contribution in [-0.4, -0.2) is 130 Å². The van der Waals surface area contributed by atoms with E-state index in [9.17, 15) is 19.2 Å². The number of benzene rings is 3. The minimum Gasteiger partial charge on any atom is -0.444 e. The van der Waals surface area contributed by atoms with Crippen LogP contribution >= 0.6 is 130 Å². The largest absolute Gasteiger partial charge is 0.444 e. The lowest BCUT2D eigenvalue weighted by Gasteiger charge is -2.38. The number of fused-ring (bicyclic) bond motifs is 6. The summed E-state index contributed by atoms with van der Waals surface area (Å²) < 4.78 is 11.6. The number of rotatable bonds is 7. The van der Waals surface area contributed by atoms with Crippen LogP contribution in [0.5, 0.6) is 0 Å². The van der Waals surface area contributed by atoms with Crippen molar-refractivity contribution in [2.75, 3.05) is 65.4 Å². The highest BCUT2D eigenvalue weighted by atomic mass is 79.9. The average molecular weight is 1810 g/mol. The van der Waals surface area contributed by atoms with Crippen LogP contribution in [-0.2, 0) is 52.9 Å². The van der Waals surface area contributed by atoms with Crippen LogP contribution in [0.3, 0.4) is 0 Å². The highest BCUT2D eigenvalue weighted by Crippen LogP contribution is 2.50. The first-order chi connectivity index (χ1) is 48.0. The lowest BCUT2D eigenvalue weighted by Crippen LogP contribution is -2.44. The summed E-state index contributed by atoms with van der Waals surface area (Å²) in [5, 5.41) is 5.78. The fourth-order valence-corrected chi connectivity index (χ4v) is 20.3. The maximum absolute atomic E-state index is 13.3. The van der Waals surface area contributed by atoms with E-state index < -0.39 is 5.60 Å². The van der Waals surface area contributed by atoms with Crippen molar-refractivity contribution in [3.05, 3.63) is 182 Å². The number of nitrogens with zero attached hydrogens (tertiary/aromatic N) is 7. The van der Waals surface area contributed by atoms with Crippen LogP contribution in [0, 0.1) is 29.6 Å². The number of likely N-dealkylation sites (tertiary alicyclic amines) is 4. The molecule has 23 heteroatoms. The molecule has 0 bridgehead atoms. The van der Waals surface area contributed by atoms with E-state index in [4.69, 9.17) is 60.2 Å². The van der Waals surface area contributed by atoms with Crippen molar-refractivity contribution in [2.24, 2.45) is 35.3 Å². The zero-order chi connectivity index (χ0) is 70.7. The molecule has 0 spiro atoms. The van der Waals surface area contributed by atoms with Gasteiger partial charge in [0.25, 0.3) is 0 Å². The van der Waals surface area contributed by atoms with Crippen molar-refractivity contribution in [1.29, 1.82) is 0 Å². The summed E-state index contributed by atoms with van der Waals surface area (Å²) in [5.74, 6) is 3.30. The van der Waals surface area contributed by atoms with Gasteiger partial charge in [-0.2, -0.15) is 0 Å². The van der Waals surface area contributed by atoms with Crippen molar-refractivity contribution in [3.63, 3.8) is 0 Å². The van der Waals surface area contributed by atoms with Gasteiger partial charge in [-0.1, -0.05) is 53.0 Å². The number of pyridine rings is 3. The monoisotopic (exact) mass is 1800 g/mol. The first kappa shape index (κ1) is 76.0. The summed E-state index contributed by atoms with van der Waals surface area (Å²) in [7, 11) is 0.